The Hall–Kier alpha value is -2.47. The number of alkyl halides is 3. The number of urea groups is 1. The topological polar surface area (TPSA) is 79.5 Å². The van der Waals surface area contributed by atoms with E-state index in [0.717, 1.165) is 23.3 Å². The van der Waals surface area contributed by atoms with Gasteiger partial charge in [-0.3, -0.25) is 9.53 Å². The summed E-state index contributed by atoms with van der Waals surface area (Å²) in [6.45, 7) is 1.20. The van der Waals surface area contributed by atoms with Gasteiger partial charge in [-0.15, -0.1) is 0 Å². The first-order valence-corrected chi connectivity index (χ1v) is 12.5. The summed E-state index contributed by atoms with van der Waals surface area (Å²) in [4.78, 5) is 12.6. The monoisotopic (exact) mass is 497 g/mol. The Morgan fingerprint density at radius 3 is 2.70 bits per heavy atom. The van der Waals surface area contributed by atoms with E-state index in [-0.39, 0.29) is 17.0 Å². The zero-order chi connectivity index (χ0) is 23.4. The van der Waals surface area contributed by atoms with E-state index >= 15 is 0 Å². The smallest absolute Gasteiger partial charge is 0.378 e. The van der Waals surface area contributed by atoms with E-state index in [4.69, 9.17) is 4.74 Å². The largest absolute Gasteiger partial charge is 0.416 e. The quantitative estimate of drug-likeness (QED) is 0.532. The number of carbonyl (C=O) groups is 1. The van der Waals surface area contributed by atoms with Crippen molar-refractivity contribution in [3.63, 3.8) is 0 Å². The summed E-state index contributed by atoms with van der Waals surface area (Å²) in [5.41, 5.74) is 1.32. The molecule has 33 heavy (non-hydrogen) atoms. The molecule has 3 N–H and O–H groups in total. The number of halogens is 3. The third-order valence-corrected chi connectivity index (χ3v) is 7.35. The zero-order valence-corrected chi connectivity index (χ0v) is 19.0. The molecule has 6 nitrogen and oxygen atoms in total. The number of ether oxygens (including phenoxy) is 1. The van der Waals surface area contributed by atoms with E-state index in [0.29, 0.717) is 31.2 Å². The summed E-state index contributed by atoms with van der Waals surface area (Å²) in [6, 6.07) is 5.85. The van der Waals surface area contributed by atoms with E-state index in [2.05, 4.69) is 16.0 Å². The summed E-state index contributed by atoms with van der Waals surface area (Å²) < 4.78 is 56.8. The number of rotatable bonds is 7. The van der Waals surface area contributed by atoms with Gasteiger partial charge >= 0.3 is 12.2 Å². The highest BCUT2D eigenvalue weighted by Crippen LogP contribution is 2.32. The first-order chi connectivity index (χ1) is 15.8. The molecule has 0 radical (unpaired) electrons. The lowest BCUT2D eigenvalue weighted by Crippen LogP contribution is -2.47. The van der Waals surface area contributed by atoms with Gasteiger partial charge in [-0.1, -0.05) is 12.1 Å². The molecule has 2 aliphatic rings. The van der Waals surface area contributed by atoms with Gasteiger partial charge in [0.2, 0.25) is 0 Å². The first-order valence-electron chi connectivity index (χ1n) is 10.2. The van der Waals surface area contributed by atoms with Gasteiger partial charge in [0.05, 0.1) is 35.9 Å². The fourth-order valence-electron chi connectivity index (χ4n) is 3.39. The van der Waals surface area contributed by atoms with Crippen LogP contribution in [0.5, 0.6) is 0 Å². The van der Waals surface area contributed by atoms with Crippen LogP contribution in [0, 0.1) is 0 Å². The molecular formula is C22H22F3N3O3S2. The minimum absolute atomic E-state index is 0.0202. The summed E-state index contributed by atoms with van der Waals surface area (Å²) >= 11 is 1.50. The highest BCUT2D eigenvalue weighted by molar-refractivity contribution is 7.85. The van der Waals surface area contributed by atoms with Gasteiger partial charge in [-0.05, 0) is 53.1 Å². The third-order valence-electron chi connectivity index (χ3n) is 5.22. The number of benzene rings is 1. The summed E-state index contributed by atoms with van der Waals surface area (Å²) in [7, 11) is -1.22. The maximum Gasteiger partial charge on any atom is 0.416 e. The number of hydrogen-bond acceptors (Lipinski definition) is 5. The number of anilines is 1. The van der Waals surface area contributed by atoms with Crippen molar-refractivity contribution in [3.8, 4) is 0 Å². The maximum absolute atomic E-state index is 13.0. The van der Waals surface area contributed by atoms with Crippen molar-refractivity contribution in [1.29, 1.82) is 0 Å². The summed E-state index contributed by atoms with van der Waals surface area (Å²) in [5.74, 6) is 0.306. The highest BCUT2D eigenvalue weighted by Gasteiger charge is 2.30. The second-order valence-corrected chi connectivity index (χ2v) is 10.0. The van der Waals surface area contributed by atoms with Gasteiger partial charge in [-0.2, -0.15) is 24.5 Å². The SMILES string of the molecule is O=C(NC1=CC(S(=O)CNC2COC2)CC=C1c1ccsc1)Nc1cccc(C(F)(F)F)c1. The Bertz CT molecular complexity index is 1080. The molecule has 11 heteroatoms. The van der Waals surface area contributed by atoms with Crippen molar-refractivity contribution in [2.75, 3.05) is 24.4 Å². The minimum atomic E-state index is -4.51. The van der Waals surface area contributed by atoms with Gasteiger partial charge in [-0.25, -0.2) is 4.79 Å². The molecule has 0 spiro atoms. The zero-order valence-electron chi connectivity index (χ0n) is 17.4. The second-order valence-electron chi connectivity index (χ2n) is 7.61. The Labute approximate surface area is 195 Å². The number of allylic oxidation sites excluding steroid dienone is 2. The summed E-state index contributed by atoms with van der Waals surface area (Å²) in [6.07, 6.45) is -0.280. The molecule has 0 saturated carbocycles. The van der Waals surface area contributed by atoms with E-state index in [9.17, 15) is 22.2 Å². The molecule has 1 aliphatic heterocycles. The van der Waals surface area contributed by atoms with Crippen molar-refractivity contribution in [2.45, 2.75) is 23.9 Å². The Kier molecular flexibility index (Phi) is 7.32. The normalized spacial score (nSPS) is 19.8. The average molecular weight is 498 g/mol. The molecule has 2 unspecified atom stereocenters. The number of hydrogen-bond donors (Lipinski definition) is 3. The number of carbonyl (C=O) groups excluding carboxylic acids is 1. The average Bonchev–Trinajstić information content (AvgIpc) is 3.26. The first kappa shape index (κ1) is 23.7. The van der Waals surface area contributed by atoms with E-state index in [1.807, 2.05) is 22.9 Å². The predicted molar refractivity (Wildman–Crippen MR) is 123 cm³/mol. The van der Waals surface area contributed by atoms with Crippen LogP contribution in [0.4, 0.5) is 23.7 Å². The van der Waals surface area contributed by atoms with Crippen molar-refractivity contribution < 1.29 is 26.9 Å². The van der Waals surface area contributed by atoms with Crippen LogP contribution in [0.25, 0.3) is 5.57 Å². The van der Waals surface area contributed by atoms with Gasteiger partial charge in [0.15, 0.2) is 0 Å². The van der Waals surface area contributed by atoms with Crippen LogP contribution in [-0.2, 0) is 21.7 Å². The predicted octanol–water partition coefficient (Wildman–Crippen LogP) is 4.32. The Morgan fingerprint density at radius 1 is 1.21 bits per heavy atom. The molecule has 1 fully saturated rings. The van der Waals surface area contributed by atoms with Crippen LogP contribution in [0.15, 0.2) is 58.9 Å². The number of thiophene rings is 1. The minimum Gasteiger partial charge on any atom is -0.378 e. The molecule has 1 saturated heterocycles. The van der Waals surface area contributed by atoms with E-state index in [1.54, 1.807) is 6.08 Å². The van der Waals surface area contributed by atoms with Crippen molar-refractivity contribution in [3.05, 3.63) is 70.1 Å². The fraction of sp³-hybridized carbons (Fsp3) is 0.318. The van der Waals surface area contributed by atoms with Crippen LogP contribution >= 0.6 is 11.3 Å². The van der Waals surface area contributed by atoms with Crippen LogP contribution in [0.2, 0.25) is 0 Å². The van der Waals surface area contributed by atoms with Crippen molar-refractivity contribution in [1.82, 2.24) is 10.6 Å². The molecule has 1 aromatic carbocycles. The van der Waals surface area contributed by atoms with Crippen molar-refractivity contribution in [2.24, 2.45) is 0 Å². The number of nitrogens with one attached hydrogen (secondary N) is 3. The van der Waals surface area contributed by atoms with Crippen LogP contribution in [-0.4, -0.2) is 40.6 Å². The van der Waals surface area contributed by atoms with E-state index < -0.39 is 28.6 Å². The van der Waals surface area contributed by atoms with Gasteiger partial charge in [0.25, 0.3) is 0 Å². The molecular weight excluding hydrogens is 475 g/mol. The Morgan fingerprint density at radius 2 is 2.03 bits per heavy atom. The lowest BCUT2D eigenvalue weighted by Gasteiger charge is -2.28. The van der Waals surface area contributed by atoms with Gasteiger partial charge < -0.3 is 15.4 Å². The fourth-order valence-corrected chi connectivity index (χ4v) is 5.26. The molecule has 4 rings (SSSR count). The molecule has 2 heterocycles. The molecule has 1 aliphatic carbocycles. The molecule has 2 aromatic rings. The molecule has 1 aromatic heterocycles. The van der Waals surface area contributed by atoms with Crippen LogP contribution in [0.3, 0.4) is 0 Å². The standard InChI is InChI=1S/C22H22F3N3O3S2/c23-22(24,25)15-2-1-3-16(8-15)27-21(29)28-20-9-18(33(30)13-26-17-10-31-11-17)4-5-19(20)14-6-7-32-12-14/h1-3,5-9,12,17-18,26H,4,10-11,13H2,(H2,27,28,29). The van der Waals surface area contributed by atoms with E-state index in [1.165, 1.54) is 23.5 Å². The summed E-state index contributed by atoms with van der Waals surface area (Å²) in [5, 5.41) is 11.9. The molecule has 2 atom stereocenters. The highest BCUT2D eigenvalue weighted by atomic mass is 32.2. The molecule has 176 valence electrons. The molecule has 2 amide bonds. The van der Waals surface area contributed by atoms with Gasteiger partial charge in [0.1, 0.15) is 0 Å². The Balaban J connectivity index is 1.47. The van der Waals surface area contributed by atoms with Crippen LogP contribution < -0.4 is 16.0 Å². The second kappa shape index (κ2) is 10.2. The van der Waals surface area contributed by atoms with Gasteiger partial charge in [0, 0.05) is 27.8 Å². The lowest BCUT2D eigenvalue weighted by molar-refractivity contribution is -0.137. The molecule has 0 bridgehead atoms. The van der Waals surface area contributed by atoms with Crippen molar-refractivity contribution >= 4 is 39.4 Å². The number of amides is 2. The maximum atomic E-state index is 13.0. The lowest BCUT2D eigenvalue weighted by atomic mass is 9.98. The van der Waals surface area contributed by atoms with Crippen LogP contribution in [0.1, 0.15) is 17.5 Å². The third kappa shape index (κ3) is 6.11.